The normalized spacial score (nSPS) is 9.44. The van der Waals surface area contributed by atoms with Crippen LogP contribution >= 0.6 is 11.3 Å². The fourth-order valence-electron chi connectivity index (χ4n) is 1.15. The molecule has 0 unspecified atom stereocenters. The van der Waals surface area contributed by atoms with Crippen molar-refractivity contribution < 1.29 is 37.1 Å². The number of aromatic nitrogens is 2. The molecule has 0 bridgehead atoms. The number of halogens is 1. The Morgan fingerprint density at radius 3 is 2.44 bits per heavy atom. The van der Waals surface area contributed by atoms with Crippen LogP contribution in [-0.4, -0.2) is 9.97 Å². The third kappa shape index (κ3) is 4.83. The van der Waals surface area contributed by atoms with Gasteiger partial charge in [0.1, 0.15) is 5.82 Å². The van der Waals surface area contributed by atoms with Crippen LogP contribution in [-0.2, 0) is 32.7 Å². The number of pyridine rings is 1. The summed E-state index contributed by atoms with van der Waals surface area (Å²) >= 11 is 1.40. The van der Waals surface area contributed by atoms with Crippen molar-refractivity contribution in [2.45, 2.75) is 33.6 Å². The Hall–Kier alpha value is -0.186. The summed E-state index contributed by atoms with van der Waals surface area (Å²) in [5.41, 5.74) is 1.63. The molecule has 0 aliphatic rings. The van der Waals surface area contributed by atoms with Crippen LogP contribution in [0.25, 0.3) is 10.6 Å². The van der Waals surface area contributed by atoms with Gasteiger partial charge in [0.05, 0.1) is 6.20 Å². The molecule has 2 aromatic heterocycles. The summed E-state index contributed by atoms with van der Waals surface area (Å²) < 4.78 is 12.9. The minimum Gasteiger partial charge on any atom is -0.356 e. The standard InChI is InChI=1S/C11H10FN2S.C2H6.Y/c1-7(2)10-6-15-11(14-10)8-3-9(12)5-13-4-8;1-2;/h3-5,7H,1-2H3;1-2H3;/q-1;;. The first kappa shape index (κ1) is 17.8. The molecule has 18 heavy (non-hydrogen) atoms. The molecule has 2 nitrogen and oxygen atoms in total. The molecular weight excluding hydrogens is 324 g/mol. The van der Waals surface area contributed by atoms with Gasteiger partial charge in [-0.2, -0.15) is 5.38 Å². The van der Waals surface area contributed by atoms with Crippen molar-refractivity contribution in [1.82, 2.24) is 9.97 Å². The fraction of sp³-hybridized carbons (Fsp3) is 0.385. The molecule has 0 aliphatic heterocycles. The monoisotopic (exact) mass is 340 g/mol. The summed E-state index contributed by atoms with van der Waals surface area (Å²) in [6, 6.07) is 1.43. The van der Waals surface area contributed by atoms with E-state index in [1.807, 2.05) is 13.8 Å². The van der Waals surface area contributed by atoms with Gasteiger partial charge in [-0.3, -0.25) is 4.98 Å². The molecule has 0 atom stereocenters. The van der Waals surface area contributed by atoms with Gasteiger partial charge in [0.25, 0.3) is 0 Å². The van der Waals surface area contributed by atoms with Gasteiger partial charge in [0, 0.05) is 38.9 Å². The first-order valence-electron chi connectivity index (χ1n) is 5.66. The average molecular weight is 340 g/mol. The molecular formula is C13H16FN2SY-. The molecule has 0 saturated heterocycles. The van der Waals surface area contributed by atoms with Crippen molar-refractivity contribution in [3.8, 4) is 10.6 Å². The third-order valence-electron chi connectivity index (χ3n) is 1.97. The van der Waals surface area contributed by atoms with E-state index in [0.29, 0.717) is 11.5 Å². The van der Waals surface area contributed by atoms with Crippen LogP contribution in [0.5, 0.6) is 0 Å². The van der Waals surface area contributed by atoms with Gasteiger partial charge >= 0.3 is 0 Å². The van der Waals surface area contributed by atoms with Gasteiger partial charge in [-0.15, -0.1) is 0 Å². The van der Waals surface area contributed by atoms with Gasteiger partial charge < -0.3 is 16.3 Å². The van der Waals surface area contributed by atoms with Crippen molar-refractivity contribution >= 4 is 11.3 Å². The smallest absolute Gasteiger partial charge is 0.140 e. The molecule has 0 aromatic carbocycles. The molecule has 95 valence electrons. The zero-order chi connectivity index (χ0) is 12.8. The molecule has 0 saturated carbocycles. The van der Waals surface area contributed by atoms with Crippen LogP contribution < -0.4 is 0 Å². The van der Waals surface area contributed by atoms with E-state index in [2.05, 4.69) is 29.2 Å². The van der Waals surface area contributed by atoms with Gasteiger partial charge in [0.15, 0.2) is 0 Å². The van der Waals surface area contributed by atoms with Gasteiger partial charge in [0.2, 0.25) is 0 Å². The molecule has 5 heteroatoms. The maximum absolute atomic E-state index is 12.9. The summed E-state index contributed by atoms with van der Waals surface area (Å²) in [6.07, 6.45) is 2.80. The second-order valence-corrected chi connectivity index (χ2v) is 4.35. The van der Waals surface area contributed by atoms with Crippen LogP contribution in [0.3, 0.4) is 0 Å². The Bertz CT molecular complexity index is 472. The maximum Gasteiger partial charge on any atom is 0.140 e. The van der Waals surface area contributed by atoms with Gasteiger partial charge in [-0.05, 0) is 17.0 Å². The molecule has 0 spiro atoms. The van der Waals surface area contributed by atoms with Gasteiger partial charge in [-0.25, -0.2) is 4.39 Å². The summed E-state index contributed by atoms with van der Waals surface area (Å²) in [5.74, 6) is 0.00492. The molecule has 1 radical (unpaired) electrons. The van der Waals surface area contributed by atoms with E-state index in [-0.39, 0.29) is 38.5 Å². The van der Waals surface area contributed by atoms with Gasteiger partial charge in [-0.1, -0.05) is 39.0 Å². The topological polar surface area (TPSA) is 25.8 Å². The second-order valence-electron chi connectivity index (χ2n) is 3.55. The van der Waals surface area contributed by atoms with Crippen molar-refractivity contribution in [1.29, 1.82) is 0 Å². The molecule has 2 aromatic rings. The zero-order valence-electron chi connectivity index (χ0n) is 11.1. The SMILES string of the molecule is CC.CC(C)c1[c-]sc(-c2cncc(F)c2)n1.[Y]. The van der Waals surface area contributed by atoms with Crippen molar-refractivity contribution in [3.63, 3.8) is 0 Å². The van der Waals surface area contributed by atoms with Crippen LogP contribution in [0.2, 0.25) is 0 Å². The van der Waals surface area contributed by atoms with Crippen molar-refractivity contribution in [2.75, 3.05) is 0 Å². The van der Waals surface area contributed by atoms with E-state index in [0.717, 1.165) is 10.7 Å². The second kappa shape index (κ2) is 8.84. The largest absolute Gasteiger partial charge is 0.356 e. The van der Waals surface area contributed by atoms with E-state index in [1.54, 1.807) is 6.20 Å². The van der Waals surface area contributed by atoms with E-state index in [4.69, 9.17) is 0 Å². The number of rotatable bonds is 2. The quantitative estimate of drug-likeness (QED) is 0.762. The number of hydrogen-bond acceptors (Lipinski definition) is 3. The number of hydrogen-bond donors (Lipinski definition) is 0. The number of nitrogens with zero attached hydrogens (tertiary/aromatic N) is 2. The molecule has 0 N–H and O–H groups in total. The molecule has 2 rings (SSSR count). The molecule has 0 aliphatic carbocycles. The first-order valence-corrected chi connectivity index (χ1v) is 6.48. The molecule has 2 heterocycles. The Labute approximate surface area is 137 Å². The third-order valence-corrected chi connectivity index (χ3v) is 2.80. The molecule has 0 fully saturated rings. The summed E-state index contributed by atoms with van der Waals surface area (Å²) in [7, 11) is 0. The number of thiazole rings is 1. The minimum atomic E-state index is -0.339. The van der Waals surface area contributed by atoms with Crippen LogP contribution in [0.1, 0.15) is 39.3 Å². The predicted molar refractivity (Wildman–Crippen MR) is 69.6 cm³/mol. The Balaban J connectivity index is 0.000000917. The van der Waals surface area contributed by atoms with Crippen LogP contribution in [0.15, 0.2) is 18.5 Å². The molecule has 0 amide bonds. The Morgan fingerprint density at radius 2 is 1.94 bits per heavy atom. The summed E-state index contributed by atoms with van der Waals surface area (Å²) in [5, 5.41) is 3.87. The summed E-state index contributed by atoms with van der Waals surface area (Å²) in [6.45, 7) is 8.11. The predicted octanol–water partition coefficient (Wildman–Crippen LogP) is 4.29. The zero-order valence-corrected chi connectivity index (χ0v) is 14.7. The summed E-state index contributed by atoms with van der Waals surface area (Å²) in [4.78, 5) is 8.17. The van der Waals surface area contributed by atoms with E-state index < -0.39 is 0 Å². The minimum absolute atomic E-state index is 0. The van der Waals surface area contributed by atoms with E-state index in [9.17, 15) is 4.39 Å². The van der Waals surface area contributed by atoms with Crippen LogP contribution in [0.4, 0.5) is 4.39 Å². The van der Waals surface area contributed by atoms with Crippen molar-refractivity contribution in [3.05, 3.63) is 35.4 Å². The van der Waals surface area contributed by atoms with Crippen LogP contribution in [0, 0.1) is 11.2 Å². The maximum atomic E-state index is 12.9. The van der Waals surface area contributed by atoms with E-state index >= 15 is 0 Å². The Kier molecular flexibility index (Phi) is 8.75. The average Bonchev–Trinajstić information content (AvgIpc) is 2.81. The van der Waals surface area contributed by atoms with E-state index in [1.165, 1.54) is 23.6 Å². The fourth-order valence-corrected chi connectivity index (χ4v) is 2.01. The Morgan fingerprint density at radius 1 is 1.28 bits per heavy atom. The first-order chi connectivity index (χ1) is 8.16. The van der Waals surface area contributed by atoms with Crippen molar-refractivity contribution in [2.24, 2.45) is 0 Å².